The third kappa shape index (κ3) is 1.54. The van der Waals surface area contributed by atoms with E-state index in [0.29, 0.717) is 11.9 Å². The van der Waals surface area contributed by atoms with E-state index in [1.807, 2.05) is 11.0 Å². The second kappa shape index (κ2) is 3.78. The van der Waals surface area contributed by atoms with Crippen molar-refractivity contribution in [1.82, 2.24) is 4.90 Å². The number of carbonyl (C=O) groups is 1. The minimum Gasteiger partial charge on any atom is -0.336 e. The van der Waals surface area contributed by atoms with Crippen molar-refractivity contribution in [2.45, 2.75) is 25.3 Å². The van der Waals surface area contributed by atoms with E-state index in [4.69, 9.17) is 0 Å². The molecule has 1 atom stereocenters. The zero-order chi connectivity index (χ0) is 11.0. The third-order valence-electron chi connectivity index (χ3n) is 3.55. The Labute approximate surface area is 95.6 Å². The van der Waals surface area contributed by atoms with Gasteiger partial charge in [0.15, 0.2) is 0 Å². The van der Waals surface area contributed by atoms with Crippen LogP contribution in [0.3, 0.4) is 0 Å². The van der Waals surface area contributed by atoms with Crippen molar-refractivity contribution < 1.29 is 4.79 Å². The van der Waals surface area contributed by atoms with E-state index in [1.54, 1.807) is 0 Å². The van der Waals surface area contributed by atoms with E-state index >= 15 is 0 Å². The summed E-state index contributed by atoms with van der Waals surface area (Å²) < 4.78 is 0. The first kappa shape index (κ1) is 9.64. The summed E-state index contributed by atoms with van der Waals surface area (Å²) in [4.78, 5) is 13.6. The summed E-state index contributed by atoms with van der Waals surface area (Å²) in [5, 5.41) is 0. The Morgan fingerprint density at radius 3 is 2.81 bits per heavy atom. The van der Waals surface area contributed by atoms with E-state index in [0.717, 1.165) is 25.8 Å². The molecule has 2 heterocycles. The predicted molar refractivity (Wildman–Crippen MR) is 63.8 cm³/mol. The van der Waals surface area contributed by atoms with Gasteiger partial charge in [0.2, 0.25) is 5.91 Å². The van der Waals surface area contributed by atoms with Gasteiger partial charge in [0.05, 0.1) is 6.04 Å². The number of benzene rings is 1. The van der Waals surface area contributed by atoms with Crippen molar-refractivity contribution in [2.75, 3.05) is 6.54 Å². The highest BCUT2D eigenvalue weighted by atomic mass is 16.2. The standard InChI is InChI=1S/C14H15NO/c16-14-7-6-13-12(8-9-15(13)14)10-11-4-2-1-3-5-11/h1-5,10,13H,6-9H2/b12-10-. The number of carbonyl (C=O) groups excluding carboxylic acids is 1. The van der Waals surface area contributed by atoms with Gasteiger partial charge in [-0.05, 0) is 24.0 Å². The van der Waals surface area contributed by atoms with Crippen molar-refractivity contribution in [3.05, 3.63) is 41.5 Å². The molecule has 0 aliphatic carbocycles. The highest BCUT2D eigenvalue weighted by molar-refractivity contribution is 5.81. The lowest BCUT2D eigenvalue weighted by molar-refractivity contribution is -0.127. The van der Waals surface area contributed by atoms with Crippen LogP contribution in [0.25, 0.3) is 6.08 Å². The zero-order valence-corrected chi connectivity index (χ0v) is 9.23. The number of hydrogen-bond donors (Lipinski definition) is 0. The van der Waals surface area contributed by atoms with Crippen LogP contribution in [0, 0.1) is 0 Å². The summed E-state index contributed by atoms with van der Waals surface area (Å²) in [5.74, 6) is 0.335. The van der Waals surface area contributed by atoms with Gasteiger partial charge in [0.1, 0.15) is 0 Å². The Balaban J connectivity index is 1.87. The molecule has 1 aromatic carbocycles. The van der Waals surface area contributed by atoms with E-state index in [-0.39, 0.29) is 0 Å². The van der Waals surface area contributed by atoms with Crippen LogP contribution >= 0.6 is 0 Å². The first-order chi connectivity index (χ1) is 7.84. The van der Waals surface area contributed by atoms with Gasteiger partial charge in [-0.2, -0.15) is 0 Å². The van der Waals surface area contributed by atoms with Gasteiger partial charge in [-0.1, -0.05) is 36.4 Å². The van der Waals surface area contributed by atoms with Crippen LogP contribution in [0.4, 0.5) is 0 Å². The lowest BCUT2D eigenvalue weighted by Crippen LogP contribution is -2.27. The minimum atomic E-state index is 0.335. The fraction of sp³-hybridized carbons (Fsp3) is 0.357. The molecular formula is C14H15NO. The lowest BCUT2D eigenvalue weighted by atomic mass is 10.0. The van der Waals surface area contributed by atoms with Gasteiger partial charge < -0.3 is 4.90 Å². The number of amides is 1. The molecule has 2 heteroatoms. The van der Waals surface area contributed by atoms with E-state index in [1.165, 1.54) is 11.1 Å². The maximum Gasteiger partial charge on any atom is 0.223 e. The van der Waals surface area contributed by atoms with Gasteiger partial charge in [-0.3, -0.25) is 4.79 Å². The Hall–Kier alpha value is -1.57. The van der Waals surface area contributed by atoms with Crippen LogP contribution in [-0.4, -0.2) is 23.4 Å². The number of nitrogens with zero attached hydrogens (tertiary/aromatic N) is 1. The number of fused-ring (bicyclic) bond motifs is 1. The molecule has 0 aromatic heterocycles. The molecule has 1 aromatic rings. The highest BCUT2D eigenvalue weighted by Gasteiger charge is 2.37. The molecule has 0 bridgehead atoms. The molecule has 2 saturated heterocycles. The number of hydrogen-bond acceptors (Lipinski definition) is 1. The summed E-state index contributed by atoms with van der Waals surface area (Å²) >= 11 is 0. The normalized spacial score (nSPS) is 26.5. The van der Waals surface area contributed by atoms with Crippen molar-refractivity contribution in [3.8, 4) is 0 Å². The Morgan fingerprint density at radius 2 is 2.00 bits per heavy atom. The topological polar surface area (TPSA) is 20.3 Å². The molecule has 2 nitrogen and oxygen atoms in total. The Bertz CT molecular complexity index is 435. The Morgan fingerprint density at radius 1 is 1.19 bits per heavy atom. The number of rotatable bonds is 1. The van der Waals surface area contributed by atoms with Gasteiger partial charge in [-0.15, -0.1) is 0 Å². The maximum atomic E-state index is 11.6. The summed E-state index contributed by atoms with van der Waals surface area (Å²) in [7, 11) is 0. The Kier molecular flexibility index (Phi) is 2.28. The minimum absolute atomic E-state index is 0.335. The van der Waals surface area contributed by atoms with Gasteiger partial charge in [0, 0.05) is 13.0 Å². The molecule has 3 rings (SSSR count). The molecule has 0 saturated carbocycles. The summed E-state index contributed by atoms with van der Waals surface area (Å²) in [6.45, 7) is 0.919. The first-order valence-electron chi connectivity index (χ1n) is 5.89. The van der Waals surface area contributed by atoms with Crippen molar-refractivity contribution in [3.63, 3.8) is 0 Å². The SMILES string of the molecule is O=C1CCC2/C(=C\c3ccccc3)CCN12. The maximum absolute atomic E-state index is 11.6. The molecule has 82 valence electrons. The monoisotopic (exact) mass is 213 g/mol. The van der Waals surface area contributed by atoms with Crippen molar-refractivity contribution >= 4 is 12.0 Å². The average molecular weight is 213 g/mol. The van der Waals surface area contributed by atoms with Crippen LogP contribution in [0.15, 0.2) is 35.9 Å². The molecule has 2 fully saturated rings. The molecule has 2 aliphatic heterocycles. The molecule has 0 radical (unpaired) electrons. The third-order valence-corrected chi connectivity index (χ3v) is 3.55. The molecule has 0 N–H and O–H groups in total. The smallest absolute Gasteiger partial charge is 0.223 e. The van der Waals surface area contributed by atoms with Gasteiger partial charge in [-0.25, -0.2) is 0 Å². The fourth-order valence-corrected chi connectivity index (χ4v) is 2.75. The van der Waals surface area contributed by atoms with Gasteiger partial charge >= 0.3 is 0 Å². The van der Waals surface area contributed by atoms with Crippen molar-refractivity contribution in [2.24, 2.45) is 0 Å². The van der Waals surface area contributed by atoms with E-state index in [9.17, 15) is 4.79 Å². The quantitative estimate of drug-likeness (QED) is 0.701. The lowest BCUT2D eigenvalue weighted by Gasteiger charge is -2.15. The summed E-state index contributed by atoms with van der Waals surface area (Å²) in [5.41, 5.74) is 2.68. The van der Waals surface area contributed by atoms with Crippen LogP contribution in [-0.2, 0) is 4.79 Å². The van der Waals surface area contributed by atoms with E-state index in [2.05, 4.69) is 30.3 Å². The molecule has 1 unspecified atom stereocenters. The summed E-state index contributed by atoms with van der Waals surface area (Å²) in [6, 6.07) is 10.8. The predicted octanol–water partition coefficient (Wildman–Crippen LogP) is 2.46. The van der Waals surface area contributed by atoms with Crippen molar-refractivity contribution in [1.29, 1.82) is 0 Å². The zero-order valence-electron chi connectivity index (χ0n) is 9.23. The van der Waals surface area contributed by atoms with E-state index < -0.39 is 0 Å². The second-order valence-electron chi connectivity index (χ2n) is 4.52. The van der Waals surface area contributed by atoms with Gasteiger partial charge in [0.25, 0.3) is 0 Å². The molecule has 1 amide bonds. The van der Waals surface area contributed by atoms with Crippen LogP contribution in [0.1, 0.15) is 24.8 Å². The van der Waals surface area contributed by atoms with Crippen LogP contribution < -0.4 is 0 Å². The highest BCUT2D eigenvalue weighted by Crippen LogP contribution is 2.33. The average Bonchev–Trinajstić information content (AvgIpc) is 2.86. The molecule has 2 aliphatic rings. The van der Waals surface area contributed by atoms with Crippen LogP contribution in [0.2, 0.25) is 0 Å². The van der Waals surface area contributed by atoms with Crippen LogP contribution in [0.5, 0.6) is 0 Å². The molecule has 16 heavy (non-hydrogen) atoms. The largest absolute Gasteiger partial charge is 0.336 e. The first-order valence-corrected chi connectivity index (χ1v) is 5.89. The second-order valence-corrected chi connectivity index (χ2v) is 4.52. The molecule has 0 spiro atoms. The summed E-state index contributed by atoms with van der Waals surface area (Å²) in [6.07, 6.45) is 5.04. The fourth-order valence-electron chi connectivity index (χ4n) is 2.75. The molecular weight excluding hydrogens is 198 g/mol.